The molecule has 0 unspecified atom stereocenters. The molecule has 2 heterocycles. The van der Waals surface area contributed by atoms with Crippen LogP contribution >= 0.6 is 0 Å². The van der Waals surface area contributed by atoms with Gasteiger partial charge in [-0.2, -0.15) is 0 Å². The Morgan fingerprint density at radius 2 is 1.89 bits per heavy atom. The number of piperazine rings is 1. The van der Waals surface area contributed by atoms with Gasteiger partial charge in [0.1, 0.15) is 5.82 Å². The minimum absolute atomic E-state index is 0.653. The number of nitrogens with one attached hydrogen (secondary N) is 1. The lowest BCUT2D eigenvalue weighted by molar-refractivity contribution is 0.434. The highest BCUT2D eigenvalue weighted by Crippen LogP contribution is 2.36. The molecule has 0 spiro atoms. The topological polar surface area (TPSA) is 41.1 Å². The van der Waals surface area contributed by atoms with Crippen molar-refractivity contribution in [2.45, 2.75) is 44.9 Å². The van der Waals surface area contributed by atoms with E-state index in [0.29, 0.717) is 5.92 Å². The SMILES string of the molecule is Cc1ncc(N2CCNCC2)c(C2CCCCC2)n1. The van der Waals surface area contributed by atoms with Crippen molar-refractivity contribution in [2.24, 2.45) is 0 Å². The molecule has 1 saturated heterocycles. The maximum Gasteiger partial charge on any atom is 0.125 e. The van der Waals surface area contributed by atoms with Crippen LogP contribution < -0.4 is 10.2 Å². The highest BCUT2D eigenvalue weighted by molar-refractivity contribution is 5.51. The van der Waals surface area contributed by atoms with Gasteiger partial charge in [-0.25, -0.2) is 9.97 Å². The largest absolute Gasteiger partial charge is 0.366 e. The molecule has 1 aromatic heterocycles. The fraction of sp³-hybridized carbons (Fsp3) is 0.733. The van der Waals surface area contributed by atoms with Crippen molar-refractivity contribution >= 4 is 5.69 Å². The summed E-state index contributed by atoms with van der Waals surface area (Å²) in [5, 5.41) is 3.41. The quantitative estimate of drug-likeness (QED) is 0.885. The predicted octanol–water partition coefficient (Wildman–Crippen LogP) is 2.24. The van der Waals surface area contributed by atoms with Crippen LogP contribution in [0.15, 0.2) is 6.20 Å². The summed E-state index contributed by atoms with van der Waals surface area (Å²) < 4.78 is 0. The number of anilines is 1. The van der Waals surface area contributed by atoms with Crippen molar-refractivity contribution in [1.29, 1.82) is 0 Å². The van der Waals surface area contributed by atoms with Crippen molar-refractivity contribution in [1.82, 2.24) is 15.3 Å². The van der Waals surface area contributed by atoms with Crippen LogP contribution in [-0.2, 0) is 0 Å². The van der Waals surface area contributed by atoms with Gasteiger partial charge in [0.25, 0.3) is 0 Å². The van der Waals surface area contributed by atoms with Gasteiger partial charge in [0.05, 0.1) is 17.6 Å². The molecule has 2 aliphatic rings. The molecule has 1 saturated carbocycles. The summed E-state index contributed by atoms with van der Waals surface area (Å²) in [6.45, 7) is 6.29. The van der Waals surface area contributed by atoms with Gasteiger partial charge in [0, 0.05) is 32.1 Å². The predicted molar refractivity (Wildman–Crippen MR) is 77.7 cm³/mol. The number of hydrogen-bond donors (Lipinski definition) is 1. The number of aromatic nitrogens is 2. The summed E-state index contributed by atoms with van der Waals surface area (Å²) >= 11 is 0. The molecule has 2 fully saturated rings. The van der Waals surface area contributed by atoms with E-state index in [4.69, 9.17) is 4.98 Å². The van der Waals surface area contributed by atoms with Gasteiger partial charge in [0.2, 0.25) is 0 Å². The molecule has 0 atom stereocenters. The first-order valence-electron chi connectivity index (χ1n) is 7.64. The van der Waals surface area contributed by atoms with Gasteiger partial charge >= 0.3 is 0 Å². The smallest absolute Gasteiger partial charge is 0.125 e. The van der Waals surface area contributed by atoms with Crippen LogP contribution in [-0.4, -0.2) is 36.1 Å². The van der Waals surface area contributed by atoms with Crippen LogP contribution in [0.2, 0.25) is 0 Å². The molecular formula is C15H24N4. The Hall–Kier alpha value is -1.16. The minimum atomic E-state index is 0.653. The summed E-state index contributed by atoms with van der Waals surface area (Å²) in [5.41, 5.74) is 2.60. The fourth-order valence-electron chi connectivity index (χ4n) is 3.31. The van der Waals surface area contributed by atoms with Gasteiger partial charge in [-0.1, -0.05) is 19.3 Å². The van der Waals surface area contributed by atoms with Crippen LogP contribution in [0.25, 0.3) is 0 Å². The summed E-state index contributed by atoms with van der Waals surface area (Å²) in [6.07, 6.45) is 8.76. The molecule has 3 rings (SSSR count). The van der Waals surface area contributed by atoms with Crippen LogP contribution in [0.5, 0.6) is 0 Å². The first-order valence-corrected chi connectivity index (χ1v) is 7.64. The van der Waals surface area contributed by atoms with E-state index >= 15 is 0 Å². The van der Waals surface area contributed by atoms with Gasteiger partial charge in [-0.15, -0.1) is 0 Å². The number of hydrogen-bond acceptors (Lipinski definition) is 4. The molecule has 104 valence electrons. The van der Waals surface area contributed by atoms with E-state index in [9.17, 15) is 0 Å². The van der Waals surface area contributed by atoms with E-state index < -0.39 is 0 Å². The lowest BCUT2D eigenvalue weighted by Gasteiger charge is -2.33. The molecule has 1 aromatic rings. The maximum atomic E-state index is 4.80. The maximum absolute atomic E-state index is 4.80. The second kappa shape index (κ2) is 5.87. The zero-order chi connectivity index (χ0) is 13.1. The third-order valence-corrected chi connectivity index (χ3v) is 4.37. The van der Waals surface area contributed by atoms with Crippen LogP contribution in [0.4, 0.5) is 5.69 Å². The molecule has 0 amide bonds. The van der Waals surface area contributed by atoms with Gasteiger partial charge in [0.15, 0.2) is 0 Å². The van der Waals surface area contributed by atoms with E-state index in [-0.39, 0.29) is 0 Å². The van der Waals surface area contributed by atoms with Crippen LogP contribution in [0.1, 0.15) is 49.5 Å². The van der Waals surface area contributed by atoms with Crippen LogP contribution in [0, 0.1) is 6.92 Å². The number of rotatable bonds is 2. The Labute approximate surface area is 115 Å². The van der Waals surface area contributed by atoms with Gasteiger partial charge in [-0.3, -0.25) is 0 Å². The Bertz CT molecular complexity index is 420. The van der Waals surface area contributed by atoms with E-state index in [2.05, 4.69) is 21.4 Å². The molecule has 0 bridgehead atoms. The van der Waals surface area contributed by atoms with Crippen molar-refractivity contribution in [3.63, 3.8) is 0 Å². The molecule has 0 radical (unpaired) electrons. The third kappa shape index (κ3) is 2.89. The van der Waals surface area contributed by atoms with E-state index in [1.807, 2.05) is 6.92 Å². The number of aryl methyl sites for hydroxylation is 1. The Balaban J connectivity index is 1.88. The minimum Gasteiger partial charge on any atom is -0.366 e. The Morgan fingerprint density at radius 1 is 1.16 bits per heavy atom. The molecule has 19 heavy (non-hydrogen) atoms. The first kappa shape index (κ1) is 12.9. The lowest BCUT2D eigenvalue weighted by atomic mass is 9.86. The van der Waals surface area contributed by atoms with Gasteiger partial charge in [-0.05, 0) is 19.8 Å². The second-order valence-corrected chi connectivity index (χ2v) is 5.76. The summed E-state index contributed by atoms with van der Waals surface area (Å²) in [4.78, 5) is 11.7. The Morgan fingerprint density at radius 3 is 2.63 bits per heavy atom. The van der Waals surface area contributed by atoms with Crippen molar-refractivity contribution in [3.05, 3.63) is 17.7 Å². The molecule has 1 aliphatic carbocycles. The van der Waals surface area contributed by atoms with Crippen molar-refractivity contribution in [2.75, 3.05) is 31.1 Å². The molecule has 1 aliphatic heterocycles. The van der Waals surface area contributed by atoms with Crippen molar-refractivity contribution < 1.29 is 0 Å². The standard InChI is InChI=1S/C15H24N4/c1-12-17-11-14(19-9-7-16-8-10-19)15(18-12)13-5-3-2-4-6-13/h11,13,16H,2-10H2,1H3. The van der Waals surface area contributed by atoms with E-state index in [0.717, 1.165) is 32.0 Å². The highest BCUT2D eigenvalue weighted by Gasteiger charge is 2.23. The lowest BCUT2D eigenvalue weighted by Crippen LogP contribution is -2.44. The molecule has 0 aromatic carbocycles. The summed E-state index contributed by atoms with van der Waals surface area (Å²) in [7, 11) is 0. The van der Waals surface area contributed by atoms with Gasteiger partial charge < -0.3 is 10.2 Å². The Kier molecular flexibility index (Phi) is 3.97. The molecule has 1 N–H and O–H groups in total. The van der Waals surface area contributed by atoms with E-state index in [1.165, 1.54) is 43.5 Å². The summed E-state index contributed by atoms with van der Waals surface area (Å²) in [6, 6.07) is 0. The van der Waals surface area contributed by atoms with Crippen molar-refractivity contribution in [3.8, 4) is 0 Å². The first-order chi connectivity index (χ1) is 9.34. The van der Waals surface area contributed by atoms with E-state index in [1.54, 1.807) is 0 Å². The van der Waals surface area contributed by atoms with Crippen LogP contribution in [0.3, 0.4) is 0 Å². The fourth-order valence-corrected chi connectivity index (χ4v) is 3.31. The average Bonchev–Trinajstić information content (AvgIpc) is 2.49. The second-order valence-electron chi connectivity index (χ2n) is 5.76. The highest BCUT2D eigenvalue weighted by atomic mass is 15.2. The molecular weight excluding hydrogens is 236 g/mol. The molecule has 4 heteroatoms. The zero-order valence-corrected chi connectivity index (χ0v) is 11.9. The third-order valence-electron chi connectivity index (χ3n) is 4.37. The monoisotopic (exact) mass is 260 g/mol. The summed E-state index contributed by atoms with van der Waals surface area (Å²) in [5.74, 6) is 1.57. The zero-order valence-electron chi connectivity index (χ0n) is 11.9. The average molecular weight is 260 g/mol. The normalized spacial score (nSPS) is 21.6. The molecule has 4 nitrogen and oxygen atoms in total. The number of nitrogens with zero attached hydrogens (tertiary/aromatic N) is 3.